The fourth-order valence-corrected chi connectivity index (χ4v) is 4.12. The highest BCUT2D eigenvalue weighted by Crippen LogP contribution is 2.24. The van der Waals surface area contributed by atoms with Gasteiger partial charge in [0.15, 0.2) is 0 Å². The number of likely N-dealkylation sites (tertiary alicyclic amines) is 1. The summed E-state index contributed by atoms with van der Waals surface area (Å²) in [6.45, 7) is 2.61. The van der Waals surface area contributed by atoms with Crippen molar-refractivity contribution in [3.05, 3.63) is 67.0 Å². The highest BCUT2D eigenvalue weighted by molar-refractivity contribution is 5.94. The fourth-order valence-electron chi connectivity index (χ4n) is 4.12. The Hall–Kier alpha value is -3.65. The SMILES string of the molecule is Cn1cc(-c2cc3cc(NC(=O)C4CCN(Cc5ccccn5)CC4)ncc3cn2)cn1. The maximum Gasteiger partial charge on any atom is 0.228 e. The van der Waals surface area contributed by atoms with E-state index in [0.29, 0.717) is 5.82 Å². The van der Waals surface area contributed by atoms with E-state index in [1.807, 2.05) is 49.8 Å². The van der Waals surface area contributed by atoms with Gasteiger partial charge in [-0.1, -0.05) is 6.07 Å². The molecule has 0 spiro atoms. The van der Waals surface area contributed by atoms with Crippen molar-refractivity contribution in [3.63, 3.8) is 0 Å². The highest BCUT2D eigenvalue weighted by atomic mass is 16.1. The largest absolute Gasteiger partial charge is 0.310 e. The van der Waals surface area contributed by atoms with Gasteiger partial charge in [0.25, 0.3) is 0 Å². The zero-order chi connectivity index (χ0) is 21.9. The first kappa shape index (κ1) is 20.3. The third kappa shape index (κ3) is 4.50. The van der Waals surface area contributed by atoms with Gasteiger partial charge in [-0.15, -0.1) is 0 Å². The minimum Gasteiger partial charge on any atom is -0.310 e. The van der Waals surface area contributed by atoms with Gasteiger partial charge in [0.1, 0.15) is 5.82 Å². The van der Waals surface area contributed by atoms with Crippen molar-refractivity contribution in [1.29, 1.82) is 0 Å². The summed E-state index contributed by atoms with van der Waals surface area (Å²) >= 11 is 0. The van der Waals surface area contributed by atoms with Crippen molar-refractivity contribution in [3.8, 4) is 11.3 Å². The Balaban J connectivity index is 1.22. The molecule has 0 saturated carbocycles. The molecule has 1 saturated heterocycles. The number of nitrogens with one attached hydrogen (secondary N) is 1. The van der Waals surface area contributed by atoms with Crippen LogP contribution in [0.3, 0.4) is 0 Å². The average Bonchev–Trinajstić information content (AvgIpc) is 3.26. The molecule has 5 rings (SSSR count). The lowest BCUT2D eigenvalue weighted by molar-refractivity contribution is -0.121. The van der Waals surface area contributed by atoms with E-state index in [-0.39, 0.29) is 11.8 Å². The van der Waals surface area contributed by atoms with Crippen LogP contribution in [0.25, 0.3) is 22.0 Å². The molecular weight excluding hydrogens is 402 g/mol. The Bertz CT molecular complexity index is 1230. The second-order valence-corrected chi connectivity index (χ2v) is 8.25. The van der Waals surface area contributed by atoms with Gasteiger partial charge in [0.05, 0.1) is 17.6 Å². The van der Waals surface area contributed by atoms with Crippen LogP contribution in [-0.4, -0.2) is 48.6 Å². The van der Waals surface area contributed by atoms with Crippen molar-refractivity contribution in [1.82, 2.24) is 29.6 Å². The van der Waals surface area contributed by atoms with Gasteiger partial charge in [-0.25, -0.2) is 4.98 Å². The van der Waals surface area contributed by atoms with E-state index in [4.69, 9.17) is 0 Å². The summed E-state index contributed by atoms with van der Waals surface area (Å²) in [4.78, 5) is 28.5. The predicted octanol–water partition coefficient (Wildman–Crippen LogP) is 3.28. The van der Waals surface area contributed by atoms with Gasteiger partial charge in [0.2, 0.25) is 5.91 Å². The van der Waals surface area contributed by atoms with E-state index < -0.39 is 0 Å². The maximum absolute atomic E-state index is 12.9. The normalized spacial score (nSPS) is 15.2. The van der Waals surface area contributed by atoms with Gasteiger partial charge in [-0.05, 0) is 55.6 Å². The van der Waals surface area contributed by atoms with Gasteiger partial charge >= 0.3 is 0 Å². The first-order valence-corrected chi connectivity index (χ1v) is 10.8. The van der Waals surface area contributed by atoms with E-state index in [2.05, 4.69) is 30.3 Å². The number of fused-ring (bicyclic) bond motifs is 1. The summed E-state index contributed by atoms with van der Waals surface area (Å²) in [5.41, 5.74) is 2.86. The number of nitrogens with zero attached hydrogens (tertiary/aromatic N) is 6. The maximum atomic E-state index is 12.9. The first-order chi connectivity index (χ1) is 15.6. The fraction of sp³-hybridized carbons (Fsp3) is 0.292. The number of hydrogen-bond acceptors (Lipinski definition) is 6. The molecule has 0 aromatic carbocycles. The molecule has 0 aliphatic carbocycles. The molecule has 0 unspecified atom stereocenters. The molecule has 1 aliphatic heterocycles. The molecule has 4 aromatic heterocycles. The van der Waals surface area contributed by atoms with E-state index in [9.17, 15) is 4.79 Å². The Labute approximate surface area is 186 Å². The summed E-state index contributed by atoms with van der Waals surface area (Å²) in [6.07, 6.45) is 10.8. The molecule has 8 nitrogen and oxygen atoms in total. The number of carbonyl (C=O) groups is 1. The quantitative estimate of drug-likeness (QED) is 0.526. The molecule has 32 heavy (non-hydrogen) atoms. The number of anilines is 1. The third-order valence-electron chi connectivity index (χ3n) is 5.93. The zero-order valence-corrected chi connectivity index (χ0v) is 18.0. The lowest BCUT2D eigenvalue weighted by Gasteiger charge is -2.30. The average molecular weight is 428 g/mol. The molecule has 0 atom stereocenters. The molecule has 4 aromatic rings. The van der Waals surface area contributed by atoms with Crippen LogP contribution in [0.1, 0.15) is 18.5 Å². The number of pyridine rings is 3. The Morgan fingerprint density at radius 2 is 1.91 bits per heavy atom. The molecule has 1 amide bonds. The van der Waals surface area contributed by atoms with Crippen LogP contribution in [0.2, 0.25) is 0 Å². The minimum absolute atomic E-state index is 0.00382. The van der Waals surface area contributed by atoms with E-state index in [1.54, 1.807) is 23.3 Å². The summed E-state index contributed by atoms with van der Waals surface area (Å²) in [5, 5.41) is 9.13. The van der Waals surface area contributed by atoms with E-state index in [0.717, 1.165) is 60.2 Å². The molecular formula is C24H25N7O. The topological polar surface area (TPSA) is 88.8 Å². The summed E-state index contributed by atoms with van der Waals surface area (Å²) in [5.74, 6) is 0.605. The van der Waals surface area contributed by atoms with Gasteiger partial charge in [-0.2, -0.15) is 5.10 Å². The van der Waals surface area contributed by atoms with Crippen molar-refractivity contribution in [2.45, 2.75) is 19.4 Å². The molecule has 0 radical (unpaired) electrons. The Morgan fingerprint density at radius 3 is 2.66 bits per heavy atom. The van der Waals surface area contributed by atoms with Gasteiger partial charge in [-0.3, -0.25) is 24.3 Å². The monoisotopic (exact) mass is 427 g/mol. The van der Waals surface area contributed by atoms with E-state index in [1.165, 1.54) is 0 Å². The number of amides is 1. The smallest absolute Gasteiger partial charge is 0.228 e. The lowest BCUT2D eigenvalue weighted by Crippen LogP contribution is -2.38. The van der Waals surface area contributed by atoms with Crippen molar-refractivity contribution in [2.75, 3.05) is 18.4 Å². The summed E-state index contributed by atoms with van der Waals surface area (Å²) in [7, 11) is 1.88. The number of hydrogen-bond donors (Lipinski definition) is 1. The van der Waals surface area contributed by atoms with Gasteiger partial charge in [0, 0.05) is 55.2 Å². The van der Waals surface area contributed by atoms with Crippen LogP contribution in [0, 0.1) is 5.92 Å². The lowest BCUT2D eigenvalue weighted by atomic mass is 9.95. The highest BCUT2D eigenvalue weighted by Gasteiger charge is 2.25. The molecule has 1 aliphatic rings. The number of carbonyl (C=O) groups excluding carboxylic acids is 1. The van der Waals surface area contributed by atoms with Gasteiger partial charge < -0.3 is 5.32 Å². The van der Waals surface area contributed by atoms with Crippen molar-refractivity contribution >= 4 is 22.5 Å². The molecule has 162 valence electrons. The van der Waals surface area contributed by atoms with Crippen LogP contribution in [-0.2, 0) is 18.4 Å². The standard InChI is InChI=1S/C24H25N7O/c1-30-15-20(14-28-30)22-10-18-11-23(27-13-19(18)12-26-22)29-24(32)17-5-8-31(9-6-17)16-21-4-2-3-7-25-21/h2-4,7,10-15,17H,5-6,8-9,16H2,1H3,(H,27,29,32). The zero-order valence-electron chi connectivity index (χ0n) is 18.0. The third-order valence-corrected chi connectivity index (χ3v) is 5.93. The van der Waals surface area contributed by atoms with Crippen molar-refractivity contribution < 1.29 is 4.79 Å². The number of piperidine rings is 1. The first-order valence-electron chi connectivity index (χ1n) is 10.8. The Morgan fingerprint density at radius 1 is 1.06 bits per heavy atom. The summed E-state index contributed by atoms with van der Waals surface area (Å²) < 4.78 is 1.75. The van der Waals surface area contributed by atoms with Crippen LogP contribution in [0.15, 0.2) is 61.3 Å². The molecule has 5 heterocycles. The van der Waals surface area contributed by atoms with Crippen LogP contribution >= 0.6 is 0 Å². The predicted molar refractivity (Wildman–Crippen MR) is 123 cm³/mol. The number of aromatic nitrogens is 5. The minimum atomic E-state index is -0.00382. The second kappa shape index (κ2) is 8.84. The van der Waals surface area contributed by atoms with Crippen LogP contribution in [0.4, 0.5) is 5.82 Å². The molecule has 8 heteroatoms. The second-order valence-electron chi connectivity index (χ2n) is 8.25. The Kier molecular flexibility index (Phi) is 5.60. The summed E-state index contributed by atoms with van der Waals surface area (Å²) in [6, 6.07) is 9.89. The molecule has 1 N–H and O–H groups in total. The number of rotatable bonds is 5. The molecule has 0 bridgehead atoms. The molecule has 1 fully saturated rings. The van der Waals surface area contributed by atoms with Crippen molar-refractivity contribution in [2.24, 2.45) is 13.0 Å². The van der Waals surface area contributed by atoms with Crippen LogP contribution < -0.4 is 5.32 Å². The number of aryl methyl sites for hydroxylation is 1. The van der Waals surface area contributed by atoms with Crippen LogP contribution in [0.5, 0.6) is 0 Å². The van der Waals surface area contributed by atoms with E-state index >= 15 is 0 Å².